The lowest BCUT2D eigenvalue weighted by molar-refractivity contribution is -0.123. The van der Waals surface area contributed by atoms with Crippen LogP contribution in [0.5, 0.6) is 0 Å². The van der Waals surface area contributed by atoms with Crippen LogP contribution in [0.2, 0.25) is 0 Å². The summed E-state index contributed by atoms with van der Waals surface area (Å²) < 4.78 is 0. The smallest absolute Gasteiger partial charge is 0.138 e. The summed E-state index contributed by atoms with van der Waals surface area (Å²) in [4.78, 5) is 11.1. The highest BCUT2D eigenvalue weighted by Gasteiger charge is 2.43. The lowest BCUT2D eigenvalue weighted by Crippen LogP contribution is -2.21. The third kappa shape index (κ3) is 0.717. The Balaban J connectivity index is 2.19. The lowest BCUT2D eigenvalue weighted by Gasteiger charge is -2.09. The van der Waals surface area contributed by atoms with Crippen molar-refractivity contribution in [2.24, 2.45) is 11.8 Å². The number of aliphatic hydroxyl groups is 1. The Morgan fingerprint density at radius 1 is 1.30 bits per heavy atom. The molecule has 0 aromatic carbocycles. The van der Waals surface area contributed by atoms with Gasteiger partial charge in [-0.3, -0.25) is 4.79 Å². The van der Waals surface area contributed by atoms with Crippen LogP contribution >= 0.6 is 0 Å². The molecule has 2 aliphatic carbocycles. The van der Waals surface area contributed by atoms with E-state index in [0.717, 1.165) is 19.3 Å². The van der Waals surface area contributed by atoms with E-state index >= 15 is 0 Å². The Bertz CT molecular complexity index is 165. The Morgan fingerprint density at radius 2 is 2.10 bits per heavy atom. The molecule has 0 bridgehead atoms. The average molecular weight is 140 g/mol. The standard InChI is InChI=1S/C8H12O2/c9-6-3-1-5-2-4-7(10)8(5)6/h5-6,8-9H,1-4H2/t5-,6?,8+/m1/s1. The molecule has 0 heterocycles. The fourth-order valence-electron chi connectivity index (χ4n) is 2.35. The number of hydrogen-bond acceptors (Lipinski definition) is 2. The van der Waals surface area contributed by atoms with Crippen LogP contribution in [-0.2, 0) is 4.79 Å². The number of ketones is 1. The number of fused-ring (bicyclic) bond motifs is 1. The second-order valence-electron chi connectivity index (χ2n) is 3.44. The van der Waals surface area contributed by atoms with Crippen molar-refractivity contribution in [2.45, 2.75) is 31.8 Å². The van der Waals surface area contributed by atoms with Gasteiger partial charge < -0.3 is 5.11 Å². The molecule has 0 radical (unpaired) electrons. The summed E-state index contributed by atoms with van der Waals surface area (Å²) in [7, 11) is 0. The fourth-order valence-corrected chi connectivity index (χ4v) is 2.35. The lowest BCUT2D eigenvalue weighted by atomic mass is 9.99. The van der Waals surface area contributed by atoms with Crippen LogP contribution in [0.3, 0.4) is 0 Å². The van der Waals surface area contributed by atoms with Gasteiger partial charge in [-0.1, -0.05) is 0 Å². The molecule has 0 spiro atoms. The van der Waals surface area contributed by atoms with Gasteiger partial charge in [0.2, 0.25) is 0 Å². The molecule has 2 rings (SSSR count). The predicted octanol–water partition coefficient (Wildman–Crippen LogP) is 0.736. The summed E-state index contributed by atoms with van der Waals surface area (Å²) in [5.41, 5.74) is 0. The third-order valence-corrected chi connectivity index (χ3v) is 2.89. The summed E-state index contributed by atoms with van der Waals surface area (Å²) >= 11 is 0. The highest BCUT2D eigenvalue weighted by atomic mass is 16.3. The van der Waals surface area contributed by atoms with Crippen molar-refractivity contribution in [2.75, 3.05) is 0 Å². The van der Waals surface area contributed by atoms with Gasteiger partial charge in [-0.25, -0.2) is 0 Å². The Morgan fingerprint density at radius 3 is 2.80 bits per heavy atom. The largest absolute Gasteiger partial charge is 0.392 e. The predicted molar refractivity (Wildman–Crippen MR) is 36.5 cm³/mol. The van der Waals surface area contributed by atoms with Gasteiger partial charge in [-0.15, -0.1) is 0 Å². The van der Waals surface area contributed by atoms with Crippen molar-refractivity contribution < 1.29 is 9.90 Å². The maximum Gasteiger partial charge on any atom is 0.138 e. The normalized spacial score (nSPS) is 46.1. The van der Waals surface area contributed by atoms with Gasteiger partial charge in [-0.05, 0) is 25.2 Å². The zero-order valence-corrected chi connectivity index (χ0v) is 5.92. The van der Waals surface area contributed by atoms with E-state index in [0.29, 0.717) is 18.1 Å². The van der Waals surface area contributed by atoms with Gasteiger partial charge >= 0.3 is 0 Å². The maximum absolute atomic E-state index is 11.1. The van der Waals surface area contributed by atoms with Crippen LogP contribution < -0.4 is 0 Å². The molecular formula is C8H12O2. The molecule has 0 aromatic rings. The molecule has 2 heteroatoms. The third-order valence-electron chi connectivity index (χ3n) is 2.89. The van der Waals surface area contributed by atoms with Crippen LogP contribution in [0.25, 0.3) is 0 Å². The monoisotopic (exact) mass is 140 g/mol. The van der Waals surface area contributed by atoms with Gasteiger partial charge in [0.15, 0.2) is 0 Å². The Labute approximate surface area is 60.2 Å². The molecule has 2 nitrogen and oxygen atoms in total. The van der Waals surface area contributed by atoms with Gasteiger partial charge in [0.25, 0.3) is 0 Å². The summed E-state index contributed by atoms with van der Waals surface area (Å²) in [5.74, 6) is 0.859. The topological polar surface area (TPSA) is 37.3 Å². The fraction of sp³-hybridized carbons (Fsp3) is 0.875. The molecule has 2 aliphatic rings. The van der Waals surface area contributed by atoms with E-state index in [-0.39, 0.29) is 12.0 Å². The molecule has 0 amide bonds. The maximum atomic E-state index is 11.1. The first-order valence-electron chi connectivity index (χ1n) is 4.00. The van der Waals surface area contributed by atoms with Crippen LogP contribution in [-0.4, -0.2) is 17.0 Å². The minimum atomic E-state index is -0.306. The molecule has 56 valence electrons. The van der Waals surface area contributed by atoms with Crippen molar-refractivity contribution >= 4 is 5.78 Å². The summed E-state index contributed by atoms with van der Waals surface area (Å²) in [5, 5.41) is 9.35. The van der Waals surface area contributed by atoms with Crippen molar-refractivity contribution in [3.63, 3.8) is 0 Å². The Hall–Kier alpha value is -0.370. The van der Waals surface area contributed by atoms with Crippen molar-refractivity contribution in [1.82, 2.24) is 0 Å². The molecular weight excluding hydrogens is 128 g/mol. The van der Waals surface area contributed by atoms with Crippen molar-refractivity contribution in [1.29, 1.82) is 0 Å². The first-order chi connectivity index (χ1) is 4.79. The number of carbonyl (C=O) groups is 1. The second kappa shape index (κ2) is 2.06. The van der Waals surface area contributed by atoms with Crippen molar-refractivity contribution in [3.05, 3.63) is 0 Å². The quantitative estimate of drug-likeness (QED) is 0.538. The highest BCUT2D eigenvalue weighted by molar-refractivity contribution is 5.84. The second-order valence-corrected chi connectivity index (χ2v) is 3.44. The van der Waals surface area contributed by atoms with E-state index in [9.17, 15) is 9.90 Å². The number of aliphatic hydroxyl groups excluding tert-OH is 1. The zero-order chi connectivity index (χ0) is 7.14. The van der Waals surface area contributed by atoms with E-state index in [1.54, 1.807) is 0 Å². The highest BCUT2D eigenvalue weighted by Crippen LogP contribution is 2.41. The first-order valence-corrected chi connectivity index (χ1v) is 4.00. The van der Waals surface area contributed by atoms with E-state index in [4.69, 9.17) is 0 Å². The van der Waals surface area contributed by atoms with Gasteiger partial charge in [-0.2, -0.15) is 0 Å². The van der Waals surface area contributed by atoms with Gasteiger partial charge in [0, 0.05) is 12.3 Å². The molecule has 0 aliphatic heterocycles. The number of Topliss-reactive ketones (excluding diaryl/α,β-unsaturated/α-hetero) is 1. The van der Waals surface area contributed by atoms with E-state index < -0.39 is 0 Å². The van der Waals surface area contributed by atoms with Crippen LogP contribution in [0.4, 0.5) is 0 Å². The summed E-state index contributed by atoms with van der Waals surface area (Å²) in [6.45, 7) is 0. The summed E-state index contributed by atoms with van der Waals surface area (Å²) in [6.07, 6.45) is 3.35. The molecule has 0 saturated heterocycles. The minimum absolute atomic E-state index is 0.0278. The minimum Gasteiger partial charge on any atom is -0.392 e. The molecule has 1 N–H and O–H groups in total. The van der Waals surface area contributed by atoms with E-state index in [1.165, 1.54) is 0 Å². The van der Waals surface area contributed by atoms with Gasteiger partial charge in [0.05, 0.1) is 6.10 Å². The Kier molecular flexibility index (Phi) is 1.31. The molecule has 0 aromatic heterocycles. The van der Waals surface area contributed by atoms with E-state index in [1.807, 2.05) is 0 Å². The van der Waals surface area contributed by atoms with Gasteiger partial charge in [0.1, 0.15) is 5.78 Å². The van der Waals surface area contributed by atoms with Crippen LogP contribution in [0, 0.1) is 11.8 Å². The number of hydrogen-bond donors (Lipinski definition) is 1. The number of carbonyl (C=O) groups excluding carboxylic acids is 1. The average Bonchev–Trinajstić information content (AvgIpc) is 2.40. The molecule has 2 fully saturated rings. The molecule has 1 unspecified atom stereocenters. The van der Waals surface area contributed by atoms with Crippen LogP contribution in [0.15, 0.2) is 0 Å². The number of rotatable bonds is 0. The van der Waals surface area contributed by atoms with E-state index in [2.05, 4.69) is 0 Å². The molecule has 10 heavy (non-hydrogen) atoms. The molecule has 3 atom stereocenters. The first kappa shape index (κ1) is 6.35. The zero-order valence-electron chi connectivity index (χ0n) is 5.92. The summed E-state index contributed by atoms with van der Waals surface area (Å²) in [6, 6.07) is 0. The SMILES string of the molecule is O=C1CC[C@H]2CCC(O)[C@@H]12. The molecule has 2 saturated carbocycles. The van der Waals surface area contributed by atoms with Crippen molar-refractivity contribution in [3.8, 4) is 0 Å². The van der Waals surface area contributed by atoms with Crippen LogP contribution in [0.1, 0.15) is 25.7 Å².